The number of rotatable bonds is 2. The van der Waals surface area contributed by atoms with Gasteiger partial charge in [0.2, 0.25) is 0 Å². The van der Waals surface area contributed by atoms with Gasteiger partial charge in [0.25, 0.3) is 0 Å². The van der Waals surface area contributed by atoms with E-state index in [9.17, 15) is 4.91 Å². The van der Waals surface area contributed by atoms with E-state index in [0.29, 0.717) is 0 Å². The molecule has 0 amide bonds. The Labute approximate surface area is 91.9 Å². The van der Waals surface area contributed by atoms with E-state index in [1.54, 1.807) is 18.5 Å². The Morgan fingerprint density at radius 2 is 2.31 bits per heavy atom. The van der Waals surface area contributed by atoms with Crippen LogP contribution in [0.5, 0.6) is 0 Å². The van der Waals surface area contributed by atoms with Crippen LogP contribution in [0.3, 0.4) is 0 Å². The second-order valence-corrected chi connectivity index (χ2v) is 3.49. The van der Waals surface area contributed by atoms with Crippen LogP contribution in [0.2, 0.25) is 0 Å². The van der Waals surface area contributed by atoms with E-state index in [0.717, 1.165) is 5.56 Å². The Morgan fingerprint density at radius 1 is 1.50 bits per heavy atom. The maximum absolute atomic E-state index is 10.5. The zero-order valence-electron chi connectivity index (χ0n) is 8.45. The van der Waals surface area contributed by atoms with E-state index in [-0.39, 0.29) is 12.0 Å². The van der Waals surface area contributed by atoms with Gasteiger partial charge in [-0.3, -0.25) is 10.3 Å². The molecule has 0 radical (unpaired) electrons. The summed E-state index contributed by atoms with van der Waals surface area (Å²) in [6.07, 6.45) is 2.33. The second kappa shape index (κ2) is 4.33. The normalized spacial score (nSPS) is 29.6. The molecule has 2 heterocycles. The van der Waals surface area contributed by atoms with Crippen molar-refractivity contribution in [3.63, 3.8) is 0 Å². The first kappa shape index (κ1) is 10.7. The van der Waals surface area contributed by atoms with Gasteiger partial charge in [0.15, 0.2) is 6.04 Å². The van der Waals surface area contributed by atoms with Crippen molar-refractivity contribution in [2.45, 2.75) is 18.4 Å². The number of amidine groups is 1. The quantitative estimate of drug-likeness (QED) is 0.578. The molecule has 1 aromatic heterocycles. The number of aromatic nitrogens is 1. The van der Waals surface area contributed by atoms with E-state index >= 15 is 0 Å². The van der Waals surface area contributed by atoms with Crippen molar-refractivity contribution in [1.29, 1.82) is 0 Å². The number of aliphatic imine (C=N–C) groups is 1. The van der Waals surface area contributed by atoms with Crippen LogP contribution in [-0.2, 0) is 0 Å². The summed E-state index contributed by atoms with van der Waals surface area (Å²) in [5, 5.41) is 5.77. The lowest BCUT2D eigenvalue weighted by Gasteiger charge is -2.28. The molecule has 0 fully saturated rings. The van der Waals surface area contributed by atoms with Crippen molar-refractivity contribution < 1.29 is 0 Å². The summed E-state index contributed by atoms with van der Waals surface area (Å²) in [6, 6.07) is 2.83. The van der Waals surface area contributed by atoms with Crippen LogP contribution in [0.4, 0.5) is 0 Å². The smallest absolute Gasteiger partial charge is 0.176 e. The van der Waals surface area contributed by atoms with E-state index < -0.39 is 12.2 Å². The van der Waals surface area contributed by atoms with Gasteiger partial charge in [-0.1, -0.05) is 11.2 Å². The molecule has 0 saturated carbocycles. The molecule has 5 N–H and O–H groups in total. The minimum atomic E-state index is -0.812. The van der Waals surface area contributed by atoms with E-state index in [1.807, 2.05) is 6.07 Å². The topological polar surface area (TPSA) is 119 Å². The lowest BCUT2D eigenvalue weighted by atomic mass is 10.1. The first-order chi connectivity index (χ1) is 7.72. The van der Waals surface area contributed by atoms with Gasteiger partial charge in [-0.2, -0.15) is 0 Å². The number of nitrogens with one attached hydrogen (secondary N) is 1. The molecular weight excluding hydrogens is 208 g/mol. The lowest BCUT2D eigenvalue weighted by Crippen LogP contribution is -2.56. The Bertz CT molecular complexity index is 406. The fourth-order valence-electron chi connectivity index (χ4n) is 1.55. The number of nitroso groups, excluding NO2 is 1. The number of hydrogen-bond acceptors (Lipinski definition) is 7. The lowest BCUT2D eigenvalue weighted by molar-refractivity contribution is 0.406. The maximum Gasteiger partial charge on any atom is 0.176 e. The summed E-state index contributed by atoms with van der Waals surface area (Å²) in [5.74, 6) is 0.148. The van der Waals surface area contributed by atoms with E-state index in [2.05, 4.69) is 20.5 Å². The van der Waals surface area contributed by atoms with Gasteiger partial charge in [0.1, 0.15) is 12.0 Å². The van der Waals surface area contributed by atoms with Crippen LogP contribution in [0, 0.1) is 4.91 Å². The minimum absolute atomic E-state index is 0.148. The molecule has 2 rings (SSSR count). The van der Waals surface area contributed by atoms with Gasteiger partial charge >= 0.3 is 0 Å². The molecule has 3 unspecified atom stereocenters. The average Bonchev–Trinajstić information content (AvgIpc) is 2.30. The molecule has 1 aliphatic rings. The summed E-state index contributed by atoms with van der Waals surface area (Å²) in [7, 11) is 0. The third-order valence-electron chi connectivity index (χ3n) is 2.39. The predicted octanol–water partition coefficient (Wildman–Crippen LogP) is -0.540. The van der Waals surface area contributed by atoms with Crippen LogP contribution in [0.15, 0.2) is 34.7 Å². The van der Waals surface area contributed by atoms with Gasteiger partial charge in [0, 0.05) is 18.0 Å². The average molecular weight is 220 g/mol. The molecule has 0 aromatic carbocycles. The van der Waals surface area contributed by atoms with Crippen LogP contribution in [-0.4, -0.2) is 23.0 Å². The van der Waals surface area contributed by atoms with Crippen molar-refractivity contribution in [1.82, 2.24) is 10.3 Å². The molecule has 0 bridgehead atoms. The van der Waals surface area contributed by atoms with Gasteiger partial charge < -0.3 is 11.5 Å². The number of nitrogens with zero attached hydrogens (tertiary/aromatic N) is 3. The first-order valence-electron chi connectivity index (χ1n) is 4.79. The summed E-state index contributed by atoms with van der Waals surface area (Å²) in [4.78, 5) is 18.6. The van der Waals surface area contributed by atoms with Crippen LogP contribution >= 0.6 is 0 Å². The van der Waals surface area contributed by atoms with Crippen molar-refractivity contribution in [3.05, 3.63) is 35.0 Å². The summed E-state index contributed by atoms with van der Waals surface area (Å²) < 4.78 is 0. The summed E-state index contributed by atoms with van der Waals surface area (Å²) in [5.41, 5.74) is 12.2. The largest absolute Gasteiger partial charge is 0.385 e. The third kappa shape index (κ3) is 1.90. The Balaban J connectivity index is 2.27. The monoisotopic (exact) mass is 220 g/mol. The van der Waals surface area contributed by atoms with Crippen LogP contribution < -0.4 is 16.8 Å². The van der Waals surface area contributed by atoms with Gasteiger partial charge in [0.05, 0.1) is 6.17 Å². The summed E-state index contributed by atoms with van der Waals surface area (Å²) >= 11 is 0. The molecule has 84 valence electrons. The maximum atomic E-state index is 10.5. The highest BCUT2D eigenvalue weighted by molar-refractivity contribution is 5.87. The molecule has 7 nitrogen and oxygen atoms in total. The van der Waals surface area contributed by atoms with Crippen molar-refractivity contribution >= 4 is 5.84 Å². The minimum Gasteiger partial charge on any atom is -0.385 e. The molecule has 1 aliphatic heterocycles. The zero-order chi connectivity index (χ0) is 11.5. The zero-order valence-corrected chi connectivity index (χ0v) is 8.45. The highest BCUT2D eigenvalue weighted by Gasteiger charge is 2.30. The summed E-state index contributed by atoms with van der Waals surface area (Å²) in [6.45, 7) is 0. The SMILES string of the molecule is NC1=NC(c2cccnc2)NC(N)C1N=O. The number of pyridine rings is 1. The number of hydrogen-bond donors (Lipinski definition) is 3. The highest BCUT2D eigenvalue weighted by atomic mass is 16.3. The molecular formula is C9H12N6O. The molecule has 0 saturated heterocycles. The van der Waals surface area contributed by atoms with Crippen molar-refractivity contribution in [2.75, 3.05) is 0 Å². The van der Waals surface area contributed by atoms with E-state index in [4.69, 9.17) is 11.5 Å². The Morgan fingerprint density at radius 3 is 2.88 bits per heavy atom. The highest BCUT2D eigenvalue weighted by Crippen LogP contribution is 2.18. The van der Waals surface area contributed by atoms with Crippen molar-refractivity contribution in [2.24, 2.45) is 21.6 Å². The molecule has 1 aromatic rings. The molecule has 3 atom stereocenters. The molecule has 16 heavy (non-hydrogen) atoms. The molecule has 7 heteroatoms. The van der Waals surface area contributed by atoms with Crippen LogP contribution in [0.1, 0.15) is 11.7 Å². The first-order valence-corrected chi connectivity index (χ1v) is 4.79. The van der Waals surface area contributed by atoms with Gasteiger partial charge in [-0.05, 0) is 6.07 Å². The van der Waals surface area contributed by atoms with E-state index in [1.165, 1.54) is 0 Å². The fraction of sp³-hybridized carbons (Fsp3) is 0.333. The number of nitrogens with two attached hydrogens (primary N) is 2. The molecule has 0 spiro atoms. The second-order valence-electron chi connectivity index (χ2n) is 3.49. The van der Waals surface area contributed by atoms with Gasteiger partial charge in [-0.25, -0.2) is 4.99 Å². The van der Waals surface area contributed by atoms with Crippen molar-refractivity contribution in [3.8, 4) is 0 Å². The molecule has 0 aliphatic carbocycles. The van der Waals surface area contributed by atoms with Gasteiger partial charge in [-0.15, -0.1) is 4.91 Å². The standard InChI is InChI=1S/C9H12N6O/c10-7-6(15-16)8(11)14-9(13-7)5-2-1-3-12-4-5/h1-4,6-7,9,13H,10H2,(H2,11,14). The third-order valence-corrected chi connectivity index (χ3v) is 2.39. The Kier molecular flexibility index (Phi) is 2.88. The Hall–Kier alpha value is -1.86. The fourth-order valence-corrected chi connectivity index (χ4v) is 1.55. The van der Waals surface area contributed by atoms with Crippen LogP contribution in [0.25, 0.3) is 0 Å². The predicted molar refractivity (Wildman–Crippen MR) is 59.3 cm³/mol.